The highest BCUT2D eigenvalue weighted by atomic mass is 16.6. The third kappa shape index (κ3) is 8.59. The number of carbonyl (C=O) groups excluding carboxylic acids is 2. The largest absolute Gasteiger partial charge is 0.444 e. The zero-order valence-electron chi connectivity index (χ0n) is 26.9. The van der Waals surface area contributed by atoms with Crippen molar-refractivity contribution in [3.8, 4) is 11.1 Å². The Kier molecular flexibility index (Phi) is 9.89. The number of pyridine rings is 1. The number of aryl methyl sites for hydroxylation is 2. The van der Waals surface area contributed by atoms with E-state index in [1.54, 1.807) is 0 Å². The zero-order chi connectivity index (χ0) is 31.3. The molecular weight excluding hydrogens is 550 g/mol. The van der Waals surface area contributed by atoms with E-state index in [9.17, 15) is 9.59 Å². The lowest BCUT2D eigenvalue weighted by atomic mass is 9.96. The maximum atomic E-state index is 13.2. The highest BCUT2D eigenvalue weighted by Gasteiger charge is 2.25. The first-order chi connectivity index (χ1) is 21.0. The van der Waals surface area contributed by atoms with Crippen molar-refractivity contribution >= 4 is 17.8 Å². The standard InChI is InChI=1S/C36H47N5O3/c1-25-6-10-28(11-7-25)32-22-29(12-8-26(32)2)34(42)38-30-14-18-40(19-15-30)24-27-9-13-33(37-23-27)41-20-16-31(17-21-41)39-35(43)44-36(3,4)5/h6-13,22-23,30-31H,14-21,24H2,1-5H3,(H,38,42)(H,39,43). The summed E-state index contributed by atoms with van der Waals surface area (Å²) in [5, 5.41) is 6.28. The van der Waals surface area contributed by atoms with Crippen LogP contribution in [0.2, 0.25) is 0 Å². The SMILES string of the molecule is Cc1ccc(-c2cc(C(=O)NC3CCN(Cc4ccc(N5CCC(NC(=O)OC(C)(C)C)CC5)nc4)CC3)ccc2C)cc1. The number of carbonyl (C=O) groups is 2. The fourth-order valence-electron chi connectivity index (χ4n) is 5.99. The molecule has 0 radical (unpaired) electrons. The number of likely N-dealkylation sites (tertiary alicyclic amines) is 1. The summed E-state index contributed by atoms with van der Waals surface area (Å²) in [4.78, 5) is 34.7. The normalized spacial score (nSPS) is 16.9. The van der Waals surface area contributed by atoms with Crippen LogP contribution in [0, 0.1) is 13.8 Å². The van der Waals surface area contributed by atoms with E-state index in [0.29, 0.717) is 5.56 Å². The molecule has 2 N–H and O–H groups in total. The van der Waals surface area contributed by atoms with Gasteiger partial charge in [-0.05, 0) is 101 Å². The Morgan fingerprint density at radius 2 is 1.52 bits per heavy atom. The molecule has 2 aliphatic rings. The summed E-state index contributed by atoms with van der Waals surface area (Å²) in [5.41, 5.74) is 6.05. The third-order valence-electron chi connectivity index (χ3n) is 8.54. The molecule has 2 aliphatic heterocycles. The van der Waals surface area contributed by atoms with Gasteiger partial charge in [0.2, 0.25) is 0 Å². The second-order valence-electron chi connectivity index (χ2n) is 13.4. The van der Waals surface area contributed by atoms with Crippen LogP contribution < -0.4 is 15.5 Å². The van der Waals surface area contributed by atoms with Gasteiger partial charge in [0.05, 0.1) is 0 Å². The molecule has 1 aromatic heterocycles. The number of nitrogens with one attached hydrogen (secondary N) is 2. The maximum absolute atomic E-state index is 13.2. The maximum Gasteiger partial charge on any atom is 0.407 e. The van der Waals surface area contributed by atoms with Gasteiger partial charge in [0, 0.05) is 56.6 Å². The summed E-state index contributed by atoms with van der Waals surface area (Å²) in [5.74, 6) is 0.980. The van der Waals surface area contributed by atoms with E-state index < -0.39 is 5.60 Å². The van der Waals surface area contributed by atoms with Crippen molar-refractivity contribution in [3.05, 3.63) is 83.0 Å². The second-order valence-corrected chi connectivity index (χ2v) is 13.4. The van der Waals surface area contributed by atoms with Crippen LogP contribution in [0.5, 0.6) is 0 Å². The number of rotatable bonds is 7. The fraction of sp³-hybridized carbons (Fsp3) is 0.472. The number of hydrogen-bond acceptors (Lipinski definition) is 6. The number of aromatic nitrogens is 1. The molecule has 0 saturated carbocycles. The minimum atomic E-state index is -0.489. The van der Waals surface area contributed by atoms with E-state index >= 15 is 0 Å². The molecule has 2 amide bonds. The van der Waals surface area contributed by atoms with Crippen LogP contribution >= 0.6 is 0 Å². The Hall–Kier alpha value is -3.91. The van der Waals surface area contributed by atoms with Gasteiger partial charge in [-0.2, -0.15) is 0 Å². The van der Waals surface area contributed by atoms with Crippen molar-refractivity contribution in [3.63, 3.8) is 0 Å². The average molecular weight is 598 g/mol. The molecule has 0 atom stereocenters. The molecule has 0 spiro atoms. The fourth-order valence-corrected chi connectivity index (χ4v) is 5.99. The summed E-state index contributed by atoms with van der Waals surface area (Å²) in [6.07, 6.45) is 5.24. The molecule has 8 heteroatoms. The van der Waals surface area contributed by atoms with Crippen molar-refractivity contribution in [2.75, 3.05) is 31.1 Å². The number of anilines is 1. The van der Waals surface area contributed by atoms with E-state index in [4.69, 9.17) is 9.72 Å². The van der Waals surface area contributed by atoms with Crippen molar-refractivity contribution in [2.45, 2.75) is 84.5 Å². The molecule has 5 rings (SSSR count). The lowest BCUT2D eigenvalue weighted by Crippen LogP contribution is -2.46. The van der Waals surface area contributed by atoms with Crippen LogP contribution in [-0.4, -0.2) is 65.7 Å². The van der Waals surface area contributed by atoms with Crippen LogP contribution in [0.1, 0.15) is 73.5 Å². The topological polar surface area (TPSA) is 86.8 Å². The number of benzene rings is 2. The first kappa shape index (κ1) is 31.5. The Bertz CT molecular complexity index is 1420. The van der Waals surface area contributed by atoms with Crippen LogP contribution in [0.25, 0.3) is 11.1 Å². The highest BCUT2D eigenvalue weighted by molar-refractivity contribution is 5.96. The number of nitrogens with zero attached hydrogens (tertiary/aromatic N) is 3. The number of ether oxygens (including phenoxy) is 1. The van der Waals surface area contributed by atoms with Crippen molar-refractivity contribution < 1.29 is 14.3 Å². The average Bonchev–Trinajstić information content (AvgIpc) is 2.99. The number of hydrogen-bond donors (Lipinski definition) is 2. The molecule has 8 nitrogen and oxygen atoms in total. The first-order valence-corrected chi connectivity index (χ1v) is 15.9. The Morgan fingerprint density at radius 3 is 2.16 bits per heavy atom. The minimum absolute atomic E-state index is 0.00116. The molecule has 2 saturated heterocycles. The number of piperidine rings is 2. The summed E-state index contributed by atoms with van der Waals surface area (Å²) in [6.45, 7) is 14.2. The molecule has 2 fully saturated rings. The molecule has 3 heterocycles. The van der Waals surface area contributed by atoms with Crippen molar-refractivity contribution in [1.82, 2.24) is 20.5 Å². The van der Waals surface area contributed by atoms with Crippen molar-refractivity contribution in [2.24, 2.45) is 0 Å². The molecule has 44 heavy (non-hydrogen) atoms. The van der Waals surface area contributed by atoms with E-state index in [0.717, 1.165) is 75.4 Å². The van der Waals surface area contributed by atoms with Crippen LogP contribution in [0.4, 0.5) is 10.6 Å². The van der Waals surface area contributed by atoms with Gasteiger partial charge < -0.3 is 20.3 Å². The van der Waals surface area contributed by atoms with Gasteiger partial charge in [-0.3, -0.25) is 9.69 Å². The second kappa shape index (κ2) is 13.8. The summed E-state index contributed by atoms with van der Waals surface area (Å²) in [7, 11) is 0. The van der Waals surface area contributed by atoms with Crippen LogP contribution in [-0.2, 0) is 11.3 Å². The Balaban J connectivity index is 1.06. The number of amides is 2. The van der Waals surface area contributed by atoms with Gasteiger partial charge in [0.15, 0.2) is 0 Å². The monoisotopic (exact) mass is 597 g/mol. The predicted octanol–water partition coefficient (Wildman–Crippen LogP) is 6.25. The van der Waals surface area contributed by atoms with Gasteiger partial charge in [-0.1, -0.05) is 42.0 Å². The molecule has 0 aliphatic carbocycles. The molecule has 3 aromatic rings. The highest BCUT2D eigenvalue weighted by Crippen LogP contribution is 2.26. The first-order valence-electron chi connectivity index (χ1n) is 15.9. The summed E-state index contributed by atoms with van der Waals surface area (Å²) >= 11 is 0. The van der Waals surface area contributed by atoms with Gasteiger partial charge in [0.1, 0.15) is 11.4 Å². The number of alkyl carbamates (subject to hydrolysis) is 1. The zero-order valence-corrected chi connectivity index (χ0v) is 26.9. The van der Waals surface area contributed by atoms with E-state index in [2.05, 4.69) is 70.7 Å². The molecule has 2 aromatic carbocycles. The summed E-state index contributed by atoms with van der Waals surface area (Å²) < 4.78 is 5.39. The van der Waals surface area contributed by atoms with Gasteiger partial charge >= 0.3 is 6.09 Å². The molecule has 0 bridgehead atoms. The van der Waals surface area contributed by atoms with E-state index in [1.807, 2.05) is 45.2 Å². The Morgan fingerprint density at radius 1 is 0.864 bits per heavy atom. The third-order valence-corrected chi connectivity index (χ3v) is 8.54. The lowest BCUT2D eigenvalue weighted by molar-refractivity contribution is 0.0497. The van der Waals surface area contributed by atoms with Crippen LogP contribution in [0.3, 0.4) is 0 Å². The van der Waals surface area contributed by atoms with Gasteiger partial charge in [0.25, 0.3) is 5.91 Å². The molecular formula is C36H47N5O3. The van der Waals surface area contributed by atoms with Crippen LogP contribution in [0.15, 0.2) is 60.8 Å². The van der Waals surface area contributed by atoms with E-state index in [1.165, 1.54) is 16.7 Å². The quantitative estimate of drug-likeness (QED) is 0.335. The molecule has 234 valence electrons. The lowest BCUT2D eigenvalue weighted by Gasteiger charge is -2.34. The van der Waals surface area contributed by atoms with Gasteiger partial charge in [-0.15, -0.1) is 0 Å². The molecule has 0 unspecified atom stereocenters. The Labute approximate surface area is 262 Å². The van der Waals surface area contributed by atoms with Gasteiger partial charge in [-0.25, -0.2) is 9.78 Å². The minimum Gasteiger partial charge on any atom is -0.444 e. The van der Waals surface area contributed by atoms with Crippen molar-refractivity contribution in [1.29, 1.82) is 0 Å². The smallest absolute Gasteiger partial charge is 0.407 e. The van der Waals surface area contributed by atoms with E-state index in [-0.39, 0.29) is 24.1 Å². The predicted molar refractivity (Wildman–Crippen MR) is 176 cm³/mol. The summed E-state index contributed by atoms with van der Waals surface area (Å²) in [6, 6.07) is 19.0.